The second-order valence-corrected chi connectivity index (χ2v) is 14.1. The van der Waals surface area contributed by atoms with Crippen LogP contribution in [0, 0.1) is 0 Å². The third kappa shape index (κ3) is 33.7. The van der Waals surface area contributed by atoms with Gasteiger partial charge in [-0.15, -0.1) is 0 Å². The molecule has 256 valence electrons. The van der Waals surface area contributed by atoms with E-state index in [1.165, 1.54) is 148 Å². The maximum absolute atomic E-state index is 12.4. The van der Waals surface area contributed by atoms with Crippen LogP contribution in [0.2, 0.25) is 0 Å². The third-order valence-corrected chi connectivity index (χ3v) is 8.93. The molecule has 0 heterocycles. The van der Waals surface area contributed by atoms with E-state index in [1.54, 1.807) is 0 Å². The molecule has 0 aliphatic carbocycles. The van der Waals surface area contributed by atoms with Crippen molar-refractivity contribution < 1.29 is 14.3 Å². The Morgan fingerprint density at radius 1 is 0.465 bits per heavy atom. The number of ether oxygens (including phenoxy) is 1. The second-order valence-electron chi connectivity index (χ2n) is 14.1. The number of amides is 1. The zero-order valence-electron chi connectivity index (χ0n) is 29.9. The minimum absolute atomic E-state index is 0.0944. The number of esters is 1. The van der Waals surface area contributed by atoms with Gasteiger partial charge in [0, 0.05) is 18.4 Å². The van der Waals surface area contributed by atoms with Crippen molar-refractivity contribution in [1.82, 2.24) is 5.32 Å². The van der Waals surface area contributed by atoms with Crippen molar-refractivity contribution in [2.24, 2.45) is 0 Å². The fourth-order valence-corrected chi connectivity index (χ4v) is 6.04. The van der Waals surface area contributed by atoms with Crippen molar-refractivity contribution in [3.8, 4) is 0 Å². The van der Waals surface area contributed by atoms with Gasteiger partial charge >= 0.3 is 5.97 Å². The van der Waals surface area contributed by atoms with Crippen LogP contribution in [0.1, 0.15) is 227 Å². The SMILES string of the molecule is CCCCCCCCCCCCCCCCCC(=O)NC(C)(C)CCCC(=O)OCCCCCCCCCCCCCC. The molecule has 1 amide bonds. The second kappa shape index (κ2) is 32.3. The Morgan fingerprint density at radius 2 is 0.814 bits per heavy atom. The molecule has 0 atom stereocenters. The van der Waals surface area contributed by atoms with E-state index in [0.717, 1.165) is 38.5 Å². The monoisotopic (exact) mass is 608 g/mol. The van der Waals surface area contributed by atoms with Crippen LogP contribution in [-0.4, -0.2) is 24.0 Å². The largest absolute Gasteiger partial charge is 0.466 e. The Balaban J connectivity index is 3.51. The molecule has 0 radical (unpaired) electrons. The van der Waals surface area contributed by atoms with Crippen LogP contribution in [0.4, 0.5) is 0 Å². The number of carbonyl (C=O) groups is 2. The molecule has 0 bridgehead atoms. The van der Waals surface area contributed by atoms with Crippen molar-refractivity contribution in [1.29, 1.82) is 0 Å². The van der Waals surface area contributed by atoms with E-state index in [-0.39, 0.29) is 17.4 Å². The molecule has 0 fully saturated rings. The van der Waals surface area contributed by atoms with Crippen molar-refractivity contribution in [3.05, 3.63) is 0 Å². The highest BCUT2D eigenvalue weighted by molar-refractivity contribution is 5.76. The number of hydrogen-bond acceptors (Lipinski definition) is 3. The zero-order chi connectivity index (χ0) is 31.7. The van der Waals surface area contributed by atoms with E-state index in [0.29, 0.717) is 19.4 Å². The molecule has 43 heavy (non-hydrogen) atoms. The molecule has 1 N–H and O–H groups in total. The number of hydrogen-bond donors (Lipinski definition) is 1. The summed E-state index contributed by atoms with van der Waals surface area (Å²) in [5.41, 5.74) is -0.275. The molecule has 0 aliphatic heterocycles. The summed E-state index contributed by atoms with van der Waals surface area (Å²) >= 11 is 0. The maximum atomic E-state index is 12.4. The average molecular weight is 608 g/mol. The van der Waals surface area contributed by atoms with Gasteiger partial charge in [0.05, 0.1) is 6.61 Å². The van der Waals surface area contributed by atoms with Gasteiger partial charge in [-0.05, 0) is 39.5 Å². The predicted molar refractivity (Wildman–Crippen MR) is 188 cm³/mol. The molecule has 0 aromatic heterocycles. The molecular formula is C39H77NO3. The van der Waals surface area contributed by atoms with Crippen LogP contribution in [0.15, 0.2) is 0 Å². The Labute approximate surface area is 270 Å². The fourth-order valence-electron chi connectivity index (χ4n) is 6.04. The summed E-state index contributed by atoms with van der Waals surface area (Å²) in [6, 6.07) is 0. The molecule has 0 aromatic carbocycles. The highest BCUT2D eigenvalue weighted by atomic mass is 16.5. The minimum atomic E-state index is -0.275. The van der Waals surface area contributed by atoms with E-state index >= 15 is 0 Å². The lowest BCUT2D eigenvalue weighted by Crippen LogP contribution is -2.43. The van der Waals surface area contributed by atoms with Crippen LogP contribution in [0.3, 0.4) is 0 Å². The van der Waals surface area contributed by atoms with Gasteiger partial charge in [0.15, 0.2) is 0 Å². The van der Waals surface area contributed by atoms with Gasteiger partial charge in [0.1, 0.15) is 0 Å². The lowest BCUT2D eigenvalue weighted by Gasteiger charge is -2.26. The molecule has 0 aromatic rings. The van der Waals surface area contributed by atoms with Crippen LogP contribution >= 0.6 is 0 Å². The third-order valence-electron chi connectivity index (χ3n) is 8.93. The topological polar surface area (TPSA) is 55.4 Å². The van der Waals surface area contributed by atoms with E-state index < -0.39 is 0 Å². The van der Waals surface area contributed by atoms with Crippen LogP contribution in [0.5, 0.6) is 0 Å². The molecular weight excluding hydrogens is 530 g/mol. The highest BCUT2D eigenvalue weighted by Crippen LogP contribution is 2.17. The van der Waals surface area contributed by atoms with Crippen molar-refractivity contribution >= 4 is 11.9 Å². The van der Waals surface area contributed by atoms with Gasteiger partial charge < -0.3 is 10.1 Å². The zero-order valence-corrected chi connectivity index (χ0v) is 29.9. The first-order valence-corrected chi connectivity index (χ1v) is 19.4. The Hall–Kier alpha value is -1.06. The van der Waals surface area contributed by atoms with Gasteiger partial charge in [0.25, 0.3) is 0 Å². The summed E-state index contributed by atoms with van der Waals surface area (Å²) in [5.74, 6) is 0.0530. The summed E-state index contributed by atoms with van der Waals surface area (Å²) < 4.78 is 5.44. The lowest BCUT2D eigenvalue weighted by atomic mass is 9.96. The fraction of sp³-hybridized carbons (Fsp3) is 0.949. The van der Waals surface area contributed by atoms with Gasteiger partial charge in [-0.2, -0.15) is 0 Å². The van der Waals surface area contributed by atoms with Crippen LogP contribution in [0.25, 0.3) is 0 Å². The quantitative estimate of drug-likeness (QED) is 0.0584. The highest BCUT2D eigenvalue weighted by Gasteiger charge is 2.20. The summed E-state index contributed by atoms with van der Waals surface area (Å²) in [5, 5.41) is 3.18. The summed E-state index contributed by atoms with van der Waals surface area (Å²) in [4.78, 5) is 24.5. The summed E-state index contributed by atoms with van der Waals surface area (Å²) in [7, 11) is 0. The van der Waals surface area contributed by atoms with Gasteiger partial charge in [-0.3, -0.25) is 9.59 Å². The van der Waals surface area contributed by atoms with Crippen molar-refractivity contribution in [2.45, 2.75) is 232 Å². The van der Waals surface area contributed by atoms with E-state index in [9.17, 15) is 9.59 Å². The van der Waals surface area contributed by atoms with Crippen LogP contribution in [-0.2, 0) is 14.3 Å². The Bertz CT molecular complexity index is 603. The normalized spacial score (nSPS) is 11.6. The summed E-state index contributed by atoms with van der Waals surface area (Å²) in [6.45, 7) is 9.23. The van der Waals surface area contributed by atoms with E-state index in [4.69, 9.17) is 4.74 Å². The first kappa shape index (κ1) is 41.9. The average Bonchev–Trinajstić information content (AvgIpc) is 2.97. The van der Waals surface area contributed by atoms with Crippen molar-refractivity contribution in [2.75, 3.05) is 6.61 Å². The maximum Gasteiger partial charge on any atom is 0.305 e. The molecule has 0 spiro atoms. The first-order chi connectivity index (χ1) is 20.9. The summed E-state index contributed by atoms with van der Waals surface area (Å²) in [6.07, 6.45) is 38.4. The number of nitrogens with one attached hydrogen (secondary N) is 1. The van der Waals surface area contributed by atoms with Crippen LogP contribution < -0.4 is 5.32 Å². The Kier molecular flexibility index (Phi) is 31.5. The van der Waals surface area contributed by atoms with Gasteiger partial charge in [-0.25, -0.2) is 0 Å². The minimum Gasteiger partial charge on any atom is -0.466 e. The van der Waals surface area contributed by atoms with Gasteiger partial charge in [-0.1, -0.05) is 174 Å². The molecule has 0 saturated heterocycles. The molecule has 4 nitrogen and oxygen atoms in total. The Morgan fingerprint density at radius 3 is 1.21 bits per heavy atom. The smallest absolute Gasteiger partial charge is 0.305 e. The number of unbranched alkanes of at least 4 members (excludes halogenated alkanes) is 25. The van der Waals surface area contributed by atoms with E-state index in [2.05, 4.69) is 33.0 Å². The molecule has 4 heteroatoms. The number of carbonyl (C=O) groups excluding carboxylic acids is 2. The molecule has 0 aliphatic rings. The first-order valence-electron chi connectivity index (χ1n) is 19.4. The molecule has 0 rings (SSSR count). The molecule has 0 saturated carbocycles. The van der Waals surface area contributed by atoms with Gasteiger partial charge in [0.2, 0.25) is 5.91 Å². The standard InChI is InChI=1S/C39H77NO3/c1-5-7-9-11-13-15-17-19-20-21-22-24-26-28-30-33-37(41)40-39(3,4)35-32-34-38(42)43-36-31-29-27-25-23-18-16-14-12-10-8-6-2/h5-36H2,1-4H3,(H,40,41). The van der Waals surface area contributed by atoms with E-state index in [1.807, 2.05) is 0 Å². The number of rotatable bonds is 34. The lowest BCUT2D eigenvalue weighted by molar-refractivity contribution is -0.143. The molecule has 0 unspecified atom stereocenters. The predicted octanol–water partition coefficient (Wildman–Crippen LogP) is 12.6. The van der Waals surface area contributed by atoms with Crippen molar-refractivity contribution in [3.63, 3.8) is 0 Å².